The molecule has 1 amide bonds. The number of carbonyl (C=O) groups is 3. The smallest absolute Gasteiger partial charge is 0.408 e. The molecule has 0 spiro atoms. The zero-order valence-corrected chi connectivity index (χ0v) is 23.4. The second-order valence-corrected chi connectivity index (χ2v) is 10.5. The Hall–Kier alpha value is -3.16. The van der Waals surface area contributed by atoms with Gasteiger partial charge in [-0.2, -0.15) is 4.73 Å². The summed E-state index contributed by atoms with van der Waals surface area (Å²) in [5, 5.41) is 15.8. The summed E-state index contributed by atoms with van der Waals surface area (Å²) in [6, 6.07) is 4.35. The SMILES string of the molecule is CCOC(=O)c1csc([C@H](COCc2c(C(=O)OC)n(O)c3cccc(Br)c23)NC(=O)OC(C)(C)C)n1. The van der Waals surface area contributed by atoms with E-state index < -0.39 is 29.7 Å². The Bertz CT molecular complexity index is 1300. The molecule has 37 heavy (non-hydrogen) atoms. The zero-order valence-electron chi connectivity index (χ0n) is 21.0. The van der Waals surface area contributed by atoms with Crippen molar-refractivity contribution in [3.05, 3.63) is 50.0 Å². The number of methoxy groups -OCH3 is 1. The summed E-state index contributed by atoms with van der Waals surface area (Å²) in [6.07, 6.45) is -0.695. The van der Waals surface area contributed by atoms with Crippen molar-refractivity contribution in [2.75, 3.05) is 20.3 Å². The van der Waals surface area contributed by atoms with Gasteiger partial charge in [0.05, 0.1) is 32.4 Å². The number of benzene rings is 1. The minimum Gasteiger partial charge on any atom is -0.464 e. The predicted molar refractivity (Wildman–Crippen MR) is 138 cm³/mol. The maximum Gasteiger partial charge on any atom is 0.408 e. The third kappa shape index (κ3) is 6.79. The van der Waals surface area contributed by atoms with E-state index in [1.807, 2.05) is 0 Å². The molecule has 3 aromatic rings. The van der Waals surface area contributed by atoms with Crippen LogP contribution in [0.2, 0.25) is 0 Å². The molecule has 0 aliphatic rings. The normalized spacial score (nSPS) is 12.3. The molecular formula is C24H28BrN3O8S. The van der Waals surface area contributed by atoms with Crippen molar-refractivity contribution >= 4 is 56.2 Å². The zero-order chi connectivity index (χ0) is 27.3. The first-order valence-corrected chi connectivity index (χ1v) is 12.9. The van der Waals surface area contributed by atoms with Crippen LogP contribution in [0.5, 0.6) is 0 Å². The Balaban J connectivity index is 1.88. The van der Waals surface area contributed by atoms with Crippen LogP contribution in [0.25, 0.3) is 10.9 Å². The van der Waals surface area contributed by atoms with E-state index in [1.165, 1.54) is 12.5 Å². The average molecular weight is 598 g/mol. The molecule has 1 aromatic carbocycles. The molecule has 0 saturated heterocycles. The molecule has 0 bridgehead atoms. The first-order chi connectivity index (χ1) is 17.5. The molecule has 3 rings (SSSR count). The lowest BCUT2D eigenvalue weighted by Crippen LogP contribution is -2.36. The number of fused-ring (bicyclic) bond motifs is 1. The number of rotatable bonds is 9. The van der Waals surface area contributed by atoms with Crippen LogP contribution in [-0.2, 0) is 25.6 Å². The van der Waals surface area contributed by atoms with E-state index in [2.05, 4.69) is 26.2 Å². The summed E-state index contributed by atoms with van der Waals surface area (Å²) in [5.74, 6) is -1.32. The molecule has 2 aromatic heterocycles. The number of carbonyl (C=O) groups excluding carboxylic acids is 3. The van der Waals surface area contributed by atoms with Crippen LogP contribution in [0.15, 0.2) is 28.1 Å². The van der Waals surface area contributed by atoms with Crippen molar-refractivity contribution in [1.82, 2.24) is 15.0 Å². The van der Waals surface area contributed by atoms with Crippen molar-refractivity contribution in [3.63, 3.8) is 0 Å². The molecule has 2 N–H and O–H groups in total. The van der Waals surface area contributed by atoms with Gasteiger partial charge in [-0.25, -0.2) is 19.4 Å². The van der Waals surface area contributed by atoms with Crippen molar-refractivity contribution in [1.29, 1.82) is 0 Å². The minimum absolute atomic E-state index is 0.0834. The number of amides is 1. The van der Waals surface area contributed by atoms with Gasteiger partial charge in [-0.15, -0.1) is 11.3 Å². The number of hydrogen-bond donors (Lipinski definition) is 2. The number of ether oxygens (including phenoxy) is 4. The number of nitrogens with zero attached hydrogens (tertiary/aromatic N) is 2. The van der Waals surface area contributed by atoms with Gasteiger partial charge in [0.1, 0.15) is 16.7 Å². The second-order valence-electron chi connectivity index (χ2n) is 8.77. The number of thiazole rings is 1. The summed E-state index contributed by atoms with van der Waals surface area (Å²) < 4.78 is 22.5. The number of alkyl carbamates (subject to hydrolysis) is 1. The van der Waals surface area contributed by atoms with Crippen LogP contribution in [-0.4, -0.2) is 58.9 Å². The quantitative estimate of drug-likeness (QED) is 0.201. The standard InChI is InChI=1S/C24H28BrN3O8S/c1-6-35-21(29)16-12-37-20(26-16)15(27-23(31)36-24(2,3)4)11-34-10-13-18-14(25)8-7-9-17(18)28(32)19(13)22(30)33-5/h7-9,12,15,32H,6,10-11H2,1-5H3,(H,27,31)/t15-/m0/s1. The van der Waals surface area contributed by atoms with Crippen molar-refractivity contribution in [2.24, 2.45) is 0 Å². The molecule has 2 heterocycles. The van der Waals surface area contributed by atoms with E-state index in [0.29, 0.717) is 25.9 Å². The van der Waals surface area contributed by atoms with E-state index in [1.54, 1.807) is 45.9 Å². The maximum absolute atomic E-state index is 12.5. The van der Waals surface area contributed by atoms with E-state index >= 15 is 0 Å². The Kier molecular flexibility index (Phi) is 9.16. The molecule has 0 aliphatic heterocycles. The monoisotopic (exact) mass is 597 g/mol. The van der Waals surface area contributed by atoms with Crippen LogP contribution in [0.1, 0.15) is 65.3 Å². The lowest BCUT2D eigenvalue weighted by atomic mass is 10.1. The molecule has 0 fully saturated rings. The largest absolute Gasteiger partial charge is 0.464 e. The average Bonchev–Trinajstić information content (AvgIpc) is 3.41. The summed E-state index contributed by atoms with van der Waals surface area (Å²) in [7, 11) is 1.21. The minimum atomic E-state index is -0.782. The fourth-order valence-electron chi connectivity index (χ4n) is 3.45. The summed E-state index contributed by atoms with van der Waals surface area (Å²) in [5.41, 5.74) is 0.0621. The van der Waals surface area contributed by atoms with Gasteiger partial charge in [-0.3, -0.25) is 0 Å². The predicted octanol–water partition coefficient (Wildman–Crippen LogP) is 4.84. The molecule has 0 saturated carbocycles. The first kappa shape index (κ1) is 28.4. The number of nitrogens with one attached hydrogen (secondary N) is 1. The van der Waals surface area contributed by atoms with Crippen LogP contribution in [0, 0.1) is 0 Å². The number of aromatic nitrogens is 2. The lowest BCUT2D eigenvalue weighted by Gasteiger charge is -2.23. The molecular weight excluding hydrogens is 570 g/mol. The third-order valence-corrected chi connectivity index (χ3v) is 6.54. The topological polar surface area (TPSA) is 138 Å². The Morgan fingerprint density at radius 3 is 2.62 bits per heavy atom. The fraction of sp³-hybridized carbons (Fsp3) is 0.417. The van der Waals surface area contributed by atoms with Crippen molar-refractivity contribution < 1.29 is 38.5 Å². The lowest BCUT2D eigenvalue weighted by molar-refractivity contribution is 0.0425. The molecule has 200 valence electrons. The Morgan fingerprint density at radius 1 is 1.24 bits per heavy atom. The van der Waals surface area contributed by atoms with E-state index in [9.17, 15) is 19.6 Å². The van der Waals surface area contributed by atoms with E-state index in [0.717, 1.165) is 16.1 Å². The molecule has 11 nitrogen and oxygen atoms in total. The first-order valence-electron chi connectivity index (χ1n) is 11.3. The molecule has 0 aliphatic carbocycles. The van der Waals surface area contributed by atoms with Crippen molar-refractivity contribution in [3.8, 4) is 0 Å². The number of hydrogen-bond acceptors (Lipinski definition) is 10. The van der Waals surface area contributed by atoms with Crippen LogP contribution < -0.4 is 5.32 Å². The third-order valence-electron chi connectivity index (χ3n) is 4.92. The Labute approximate surface area is 225 Å². The van der Waals surface area contributed by atoms with Crippen LogP contribution in [0.4, 0.5) is 4.79 Å². The number of esters is 2. The highest BCUT2D eigenvalue weighted by Gasteiger charge is 2.27. The molecule has 0 unspecified atom stereocenters. The highest BCUT2D eigenvalue weighted by molar-refractivity contribution is 9.10. The second kappa shape index (κ2) is 11.9. The van der Waals surface area contributed by atoms with Crippen LogP contribution >= 0.6 is 27.3 Å². The van der Waals surface area contributed by atoms with Crippen LogP contribution in [0.3, 0.4) is 0 Å². The van der Waals surface area contributed by atoms with Gasteiger partial charge >= 0.3 is 18.0 Å². The molecule has 0 radical (unpaired) electrons. The van der Waals surface area contributed by atoms with Gasteiger partial charge in [0.2, 0.25) is 0 Å². The maximum atomic E-state index is 12.5. The molecule has 1 atom stereocenters. The van der Waals surface area contributed by atoms with Gasteiger partial charge in [0.25, 0.3) is 0 Å². The van der Waals surface area contributed by atoms with Gasteiger partial charge in [-0.05, 0) is 39.8 Å². The van der Waals surface area contributed by atoms with Gasteiger partial charge in [0, 0.05) is 20.8 Å². The van der Waals surface area contributed by atoms with Gasteiger partial charge in [0.15, 0.2) is 11.4 Å². The summed E-state index contributed by atoms with van der Waals surface area (Å²) in [6.45, 7) is 6.89. The highest BCUT2D eigenvalue weighted by atomic mass is 79.9. The molecule has 13 heteroatoms. The van der Waals surface area contributed by atoms with E-state index in [4.69, 9.17) is 18.9 Å². The summed E-state index contributed by atoms with van der Waals surface area (Å²) in [4.78, 5) is 41.4. The fourth-order valence-corrected chi connectivity index (χ4v) is 4.87. The van der Waals surface area contributed by atoms with E-state index in [-0.39, 0.29) is 31.2 Å². The highest BCUT2D eigenvalue weighted by Crippen LogP contribution is 2.33. The van der Waals surface area contributed by atoms with Gasteiger partial charge in [-0.1, -0.05) is 22.0 Å². The van der Waals surface area contributed by atoms with Crippen molar-refractivity contribution in [2.45, 2.75) is 45.9 Å². The number of halogens is 1. The summed E-state index contributed by atoms with van der Waals surface area (Å²) >= 11 is 4.61. The Morgan fingerprint density at radius 2 is 1.97 bits per heavy atom. The van der Waals surface area contributed by atoms with Gasteiger partial charge < -0.3 is 29.5 Å².